The predicted molar refractivity (Wildman–Crippen MR) is 73.2 cm³/mol. The lowest BCUT2D eigenvalue weighted by molar-refractivity contribution is 0.175. The lowest BCUT2D eigenvalue weighted by atomic mass is 9.89. The van der Waals surface area contributed by atoms with Gasteiger partial charge >= 0.3 is 0 Å². The quantitative estimate of drug-likeness (QED) is 0.682. The minimum Gasteiger partial charge on any atom is -0.395 e. The van der Waals surface area contributed by atoms with E-state index in [1.54, 1.807) is 0 Å². The minimum atomic E-state index is 0.239. The summed E-state index contributed by atoms with van der Waals surface area (Å²) in [4.78, 5) is 2.39. The molecule has 0 amide bonds. The molecule has 1 aliphatic rings. The topological polar surface area (TPSA) is 35.5 Å². The zero-order valence-corrected chi connectivity index (χ0v) is 11.6. The zero-order valence-electron chi connectivity index (χ0n) is 11.6. The smallest absolute Gasteiger partial charge is 0.0597 e. The molecule has 0 aromatic carbocycles. The summed E-state index contributed by atoms with van der Waals surface area (Å²) in [6.45, 7) is 5.57. The van der Waals surface area contributed by atoms with Gasteiger partial charge in [0.25, 0.3) is 0 Å². The molecule has 0 aromatic rings. The molecule has 1 aliphatic carbocycles. The van der Waals surface area contributed by atoms with Crippen molar-refractivity contribution in [1.29, 1.82) is 0 Å². The van der Waals surface area contributed by atoms with Gasteiger partial charge in [-0.15, -0.1) is 0 Å². The Morgan fingerprint density at radius 1 is 1.29 bits per heavy atom. The van der Waals surface area contributed by atoms with Gasteiger partial charge in [0.05, 0.1) is 6.61 Å². The van der Waals surface area contributed by atoms with E-state index in [2.05, 4.69) is 24.2 Å². The van der Waals surface area contributed by atoms with Gasteiger partial charge in [0.1, 0.15) is 0 Å². The summed E-state index contributed by atoms with van der Waals surface area (Å²) in [6.07, 6.45) is 8.18. The van der Waals surface area contributed by atoms with Crippen LogP contribution < -0.4 is 5.32 Å². The number of hydrogen-bond acceptors (Lipinski definition) is 3. The zero-order chi connectivity index (χ0) is 12.5. The molecule has 102 valence electrons. The van der Waals surface area contributed by atoms with E-state index in [0.717, 1.165) is 25.4 Å². The van der Waals surface area contributed by atoms with Crippen LogP contribution in [0.4, 0.5) is 0 Å². The van der Waals surface area contributed by atoms with Gasteiger partial charge in [0.2, 0.25) is 0 Å². The van der Waals surface area contributed by atoms with E-state index in [0.29, 0.717) is 0 Å². The number of hydrogen-bond donors (Lipinski definition) is 2. The van der Waals surface area contributed by atoms with E-state index in [-0.39, 0.29) is 12.6 Å². The highest BCUT2D eigenvalue weighted by molar-refractivity contribution is 4.73. The van der Waals surface area contributed by atoms with Gasteiger partial charge in [-0.05, 0) is 38.8 Å². The molecule has 2 N–H and O–H groups in total. The third-order valence-corrected chi connectivity index (χ3v) is 3.73. The normalized spacial score (nSPS) is 19.8. The molecule has 1 rings (SSSR count). The van der Waals surface area contributed by atoms with Crippen molar-refractivity contribution in [3.8, 4) is 0 Å². The summed E-state index contributed by atoms with van der Waals surface area (Å²) in [6, 6.07) is 0.239. The largest absolute Gasteiger partial charge is 0.395 e. The molecule has 0 bridgehead atoms. The first-order valence-electron chi connectivity index (χ1n) is 7.29. The molecule has 1 unspecified atom stereocenters. The summed E-state index contributed by atoms with van der Waals surface area (Å²) in [5, 5.41) is 12.7. The Morgan fingerprint density at radius 2 is 2.00 bits per heavy atom. The SMILES string of the molecule is CCCNC(CO)CN(C)CC1CCCCC1. The maximum atomic E-state index is 9.32. The van der Waals surface area contributed by atoms with Gasteiger partial charge in [-0.1, -0.05) is 26.2 Å². The van der Waals surface area contributed by atoms with Crippen molar-refractivity contribution in [2.45, 2.75) is 51.5 Å². The first-order valence-corrected chi connectivity index (χ1v) is 7.29. The van der Waals surface area contributed by atoms with Crippen molar-refractivity contribution in [3.05, 3.63) is 0 Å². The van der Waals surface area contributed by atoms with Crippen molar-refractivity contribution < 1.29 is 5.11 Å². The van der Waals surface area contributed by atoms with Crippen LogP contribution in [0.1, 0.15) is 45.4 Å². The highest BCUT2D eigenvalue weighted by Gasteiger charge is 2.17. The summed E-state index contributed by atoms with van der Waals surface area (Å²) in [5.41, 5.74) is 0. The van der Waals surface area contributed by atoms with Crippen molar-refractivity contribution in [2.75, 3.05) is 33.3 Å². The van der Waals surface area contributed by atoms with E-state index in [9.17, 15) is 5.11 Å². The average molecular weight is 242 g/mol. The lowest BCUT2D eigenvalue weighted by Crippen LogP contribution is -2.43. The fraction of sp³-hybridized carbons (Fsp3) is 1.00. The van der Waals surface area contributed by atoms with Crippen LogP contribution >= 0.6 is 0 Å². The Morgan fingerprint density at radius 3 is 2.59 bits per heavy atom. The first kappa shape index (κ1) is 14.9. The second kappa shape index (κ2) is 8.90. The van der Waals surface area contributed by atoms with Crippen LogP contribution in [0.25, 0.3) is 0 Å². The van der Waals surface area contributed by atoms with Crippen LogP contribution in [-0.2, 0) is 0 Å². The summed E-state index contributed by atoms with van der Waals surface area (Å²) < 4.78 is 0. The van der Waals surface area contributed by atoms with E-state index in [1.165, 1.54) is 38.6 Å². The van der Waals surface area contributed by atoms with Crippen LogP contribution in [0.15, 0.2) is 0 Å². The Kier molecular flexibility index (Phi) is 7.82. The average Bonchev–Trinajstić information content (AvgIpc) is 2.35. The molecule has 0 spiro atoms. The Bertz CT molecular complexity index is 181. The van der Waals surface area contributed by atoms with Gasteiger partial charge in [0.15, 0.2) is 0 Å². The number of nitrogens with one attached hydrogen (secondary N) is 1. The molecule has 3 nitrogen and oxygen atoms in total. The molecule has 17 heavy (non-hydrogen) atoms. The molecule has 3 heteroatoms. The Balaban J connectivity index is 2.18. The first-order chi connectivity index (χ1) is 8.26. The van der Waals surface area contributed by atoms with Gasteiger partial charge < -0.3 is 15.3 Å². The number of aliphatic hydroxyl groups excluding tert-OH is 1. The number of nitrogens with zero attached hydrogens (tertiary/aromatic N) is 1. The molecule has 0 heterocycles. The monoisotopic (exact) mass is 242 g/mol. The Labute approximate surface area is 107 Å². The van der Waals surface area contributed by atoms with E-state index in [4.69, 9.17) is 0 Å². The van der Waals surface area contributed by atoms with Gasteiger partial charge in [-0.2, -0.15) is 0 Å². The molecule has 1 atom stereocenters. The van der Waals surface area contributed by atoms with E-state index in [1.807, 2.05) is 0 Å². The van der Waals surface area contributed by atoms with Crippen molar-refractivity contribution in [3.63, 3.8) is 0 Å². The maximum Gasteiger partial charge on any atom is 0.0597 e. The molecule has 0 saturated heterocycles. The van der Waals surface area contributed by atoms with Crippen LogP contribution in [-0.4, -0.2) is 49.3 Å². The molecule has 0 radical (unpaired) electrons. The molecule has 0 aliphatic heterocycles. The standard InChI is InChI=1S/C14H30N2O/c1-3-9-15-14(12-17)11-16(2)10-13-7-5-4-6-8-13/h13-15,17H,3-12H2,1-2H3. The second-order valence-corrected chi connectivity index (χ2v) is 5.56. The van der Waals surface area contributed by atoms with E-state index >= 15 is 0 Å². The fourth-order valence-corrected chi connectivity index (χ4v) is 2.80. The Hall–Kier alpha value is -0.120. The van der Waals surface area contributed by atoms with E-state index < -0.39 is 0 Å². The minimum absolute atomic E-state index is 0.239. The highest BCUT2D eigenvalue weighted by Crippen LogP contribution is 2.23. The third-order valence-electron chi connectivity index (χ3n) is 3.73. The fourth-order valence-electron chi connectivity index (χ4n) is 2.80. The number of aliphatic hydroxyl groups is 1. The van der Waals surface area contributed by atoms with Crippen LogP contribution in [0, 0.1) is 5.92 Å². The van der Waals surface area contributed by atoms with Crippen LogP contribution in [0.3, 0.4) is 0 Å². The summed E-state index contributed by atoms with van der Waals surface area (Å²) in [7, 11) is 2.19. The molecular weight excluding hydrogens is 212 g/mol. The summed E-state index contributed by atoms with van der Waals surface area (Å²) in [5.74, 6) is 0.888. The van der Waals surface area contributed by atoms with Gasteiger partial charge in [-0.25, -0.2) is 0 Å². The highest BCUT2D eigenvalue weighted by atomic mass is 16.3. The summed E-state index contributed by atoms with van der Waals surface area (Å²) >= 11 is 0. The van der Waals surface area contributed by atoms with Crippen molar-refractivity contribution in [1.82, 2.24) is 10.2 Å². The van der Waals surface area contributed by atoms with Gasteiger partial charge in [-0.3, -0.25) is 0 Å². The van der Waals surface area contributed by atoms with Crippen molar-refractivity contribution >= 4 is 0 Å². The molecule has 0 aromatic heterocycles. The van der Waals surface area contributed by atoms with Crippen molar-refractivity contribution in [2.24, 2.45) is 5.92 Å². The molecule has 1 fully saturated rings. The molecule has 1 saturated carbocycles. The van der Waals surface area contributed by atoms with Crippen LogP contribution in [0.5, 0.6) is 0 Å². The van der Waals surface area contributed by atoms with Gasteiger partial charge in [0, 0.05) is 19.1 Å². The number of rotatable bonds is 8. The number of likely N-dealkylation sites (N-methyl/N-ethyl adjacent to an activating group) is 1. The van der Waals surface area contributed by atoms with Crippen LogP contribution in [0.2, 0.25) is 0 Å². The lowest BCUT2D eigenvalue weighted by Gasteiger charge is -2.29. The third kappa shape index (κ3) is 6.39. The second-order valence-electron chi connectivity index (χ2n) is 5.56. The maximum absolute atomic E-state index is 9.32. The molecular formula is C14H30N2O. The predicted octanol–water partition coefficient (Wildman–Crippen LogP) is 1.86.